The van der Waals surface area contributed by atoms with Gasteiger partial charge in [-0.2, -0.15) is 0 Å². The van der Waals surface area contributed by atoms with Crippen molar-refractivity contribution in [2.45, 2.75) is 70.8 Å². The first-order valence-electron chi connectivity index (χ1n) is 9.12. The molecule has 122 valence electrons. The van der Waals surface area contributed by atoms with Crippen LogP contribution >= 0.6 is 0 Å². The summed E-state index contributed by atoms with van der Waals surface area (Å²) in [6.07, 6.45) is 7.77. The van der Waals surface area contributed by atoms with Crippen molar-refractivity contribution in [2.75, 3.05) is 13.1 Å². The maximum Gasteiger partial charge on any atom is 0.115 e. The molecule has 0 aromatic heterocycles. The SMILES string of the molecule is CCCCCCN1CC[C@@]2(C)c3cc(O)ccc3C[C@@H]1[C@@H]2C. The molecule has 2 bridgehead atoms. The molecule has 0 spiro atoms. The van der Waals surface area contributed by atoms with Crippen molar-refractivity contribution in [2.24, 2.45) is 5.92 Å². The Hall–Kier alpha value is -1.02. The van der Waals surface area contributed by atoms with Crippen LogP contribution in [0.4, 0.5) is 0 Å². The summed E-state index contributed by atoms with van der Waals surface area (Å²) in [4.78, 5) is 2.75. The number of unbranched alkanes of at least 4 members (excludes halogenated alkanes) is 3. The van der Waals surface area contributed by atoms with Crippen LogP contribution in [-0.2, 0) is 11.8 Å². The number of rotatable bonds is 5. The van der Waals surface area contributed by atoms with Crippen LogP contribution in [0.15, 0.2) is 18.2 Å². The molecule has 1 aliphatic carbocycles. The van der Waals surface area contributed by atoms with Gasteiger partial charge in [0.2, 0.25) is 0 Å². The number of fused-ring (bicyclic) bond motifs is 4. The van der Waals surface area contributed by atoms with E-state index >= 15 is 0 Å². The minimum Gasteiger partial charge on any atom is -0.508 e. The smallest absolute Gasteiger partial charge is 0.115 e. The third kappa shape index (κ3) is 2.67. The number of nitrogens with zero attached hydrogens (tertiary/aromatic N) is 1. The Morgan fingerprint density at radius 1 is 1.27 bits per heavy atom. The fourth-order valence-electron chi connectivity index (χ4n) is 4.71. The molecule has 0 saturated carbocycles. The second-order valence-corrected chi connectivity index (χ2v) is 7.67. The van der Waals surface area contributed by atoms with Crippen LogP contribution in [-0.4, -0.2) is 29.1 Å². The second-order valence-electron chi connectivity index (χ2n) is 7.67. The fourth-order valence-corrected chi connectivity index (χ4v) is 4.71. The van der Waals surface area contributed by atoms with E-state index in [4.69, 9.17) is 0 Å². The minimum atomic E-state index is 0.233. The van der Waals surface area contributed by atoms with Crippen LogP contribution in [0.3, 0.4) is 0 Å². The summed E-state index contributed by atoms with van der Waals surface area (Å²) in [6.45, 7) is 9.60. The molecule has 0 amide bonds. The molecule has 22 heavy (non-hydrogen) atoms. The largest absolute Gasteiger partial charge is 0.508 e. The van der Waals surface area contributed by atoms with Crippen molar-refractivity contribution >= 4 is 0 Å². The number of likely N-dealkylation sites (tertiary alicyclic amines) is 1. The molecule has 2 nitrogen and oxygen atoms in total. The minimum absolute atomic E-state index is 0.233. The Bertz CT molecular complexity index is 526. The monoisotopic (exact) mass is 301 g/mol. The van der Waals surface area contributed by atoms with Gasteiger partial charge in [-0.25, -0.2) is 0 Å². The van der Waals surface area contributed by atoms with E-state index in [1.54, 1.807) is 0 Å². The zero-order valence-electron chi connectivity index (χ0n) is 14.4. The Morgan fingerprint density at radius 3 is 2.86 bits per heavy atom. The van der Waals surface area contributed by atoms with Gasteiger partial charge >= 0.3 is 0 Å². The molecule has 1 aliphatic heterocycles. The summed E-state index contributed by atoms with van der Waals surface area (Å²) in [6, 6.07) is 6.72. The molecule has 1 N–H and O–H groups in total. The molecule has 1 aromatic rings. The number of phenolic OH excluding ortho intramolecular Hbond substituents is 1. The van der Waals surface area contributed by atoms with Gasteiger partial charge in [-0.1, -0.05) is 46.1 Å². The van der Waals surface area contributed by atoms with Gasteiger partial charge < -0.3 is 5.11 Å². The summed E-state index contributed by atoms with van der Waals surface area (Å²) < 4.78 is 0. The van der Waals surface area contributed by atoms with Crippen LogP contribution in [0.5, 0.6) is 5.75 Å². The molecule has 1 heterocycles. The number of benzene rings is 1. The lowest BCUT2D eigenvalue weighted by molar-refractivity contribution is 0.0303. The van der Waals surface area contributed by atoms with Crippen LogP contribution in [0.1, 0.15) is 64.0 Å². The van der Waals surface area contributed by atoms with Gasteiger partial charge in [-0.15, -0.1) is 0 Å². The van der Waals surface area contributed by atoms with Gasteiger partial charge in [0.25, 0.3) is 0 Å². The number of hydrogen-bond donors (Lipinski definition) is 1. The molecular weight excluding hydrogens is 270 g/mol. The van der Waals surface area contributed by atoms with Gasteiger partial charge in [-0.3, -0.25) is 4.90 Å². The average Bonchev–Trinajstić information content (AvgIpc) is 2.50. The van der Waals surface area contributed by atoms with E-state index in [2.05, 4.69) is 31.7 Å². The zero-order valence-corrected chi connectivity index (χ0v) is 14.4. The summed E-state index contributed by atoms with van der Waals surface area (Å²) in [5.41, 5.74) is 3.10. The molecule has 1 fully saturated rings. The van der Waals surface area contributed by atoms with Crippen LogP contribution in [0.25, 0.3) is 0 Å². The first-order valence-corrected chi connectivity index (χ1v) is 9.12. The maximum atomic E-state index is 9.89. The van der Waals surface area contributed by atoms with E-state index in [-0.39, 0.29) is 5.41 Å². The predicted octanol–water partition coefficient (Wildman–Crippen LogP) is 4.50. The quantitative estimate of drug-likeness (QED) is 0.810. The number of aromatic hydroxyl groups is 1. The van der Waals surface area contributed by atoms with E-state index in [0.717, 1.165) is 6.42 Å². The predicted molar refractivity (Wildman–Crippen MR) is 92.4 cm³/mol. The summed E-state index contributed by atoms with van der Waals surface area (Å²) in [5, 5.41) is 9.89. The fraction of sp³-hybridized carbons (Fsp3) is 0.700. The average molecular weight is 301 g/mol. The van der Waals surface area contributed by atoms with E-state index in [9.17, 15) is 5.11 Å². The lowest BCUT2D eigenvalue weighted by atomic mass is 9.59. The van der Waals surface area contributed by atoms with Crippen LogP contribution < -0.4 is 0 Å². The van der Waals surface area contributed by atoms with Gasteiger partial charge in [0, 0.05) is 6.04 Å². The molecule has 1 aromatic carbocycles. The van der Waals surface area contributed by atoms with Crippen molar-refractivity contribution in [3.63, 3.8) is 0 Å². The second kappa shape index (κ2) is 6.23. The highest BCUT2D eigenvalue weighted by atomic mass is 16.3. The van der Waals surface area contributed by atoms with Crippen LogP contribution in [0.2, 0.25) is 0 Å². The molecule has 3 atom stereocenters. The van der Waals surface area contributed by atoms with Crippen molar-refractivity contribution in [1.82, 2.24) is 4.90 Å². The summed E-state index contributed by atoms with van der Waals surface area (Å²) >= 11 is 0. The Kier molecular flexibility index (Phi) is 4.49. The topological polar surface area (TPSA) is 23.5 Å². The van der Waals surface area contributed by atoms with E-state index < -0.39 is 0 Å². The van der Waals surface area contributed by atoms with Crippen molar-refractivity contribution in [1.29, 1.82) is 0 Å². The summed E-state index contributed by atoms with van der Waals surface area (Å²) in [5.74, 6) is 1.09. The van der Waals surface area contributed by atoms with E-state index in [0.29, 0.717) is 17.7 Å². The van der Waals surface area contributed by atoms with Crippen LogP contribution in [0, 0.1) is 5.92 Å². The van der Waals surface area contributed by atoms with Gasteiger partial charge in [0.1, 0.15) is 5.75 Å². The van der Waals surface area contributed by atoms with Crippen molar-refractivity contribution in [3.8, 4) is 5.75 Å². The molecular formula is C20H31NO. The number of hydrogen-bond acceptors (Lipinski definition) is 2. The Balaban J connectivity index is 1.79. The molecule has 3 rings (SSSR count). The lowest BCUT2D eigenvalue weighted by Crippen LogP contribution is -2.58. The molecule has 2 aliphatic rings. The molecule has 2 heteroatoms. The normalized spacial score (nSPS) is 31.0. The maximum absolute atomic E-state index is 9.89. The van der Waals surface area contributed by atoms with Crippen molar-refractivity contribution in [3.05, 3.63) is 29.3 Å². The Morgan fingerprint density at radius 2 is 2.09 bits per heavy atom. The van der Waals surface area contributed by atoms with Gasteiger partial charge in [-0.05, 0) is 66.9 Å². The van der Waals surface area contributed by atoms with Crippen molar-refractivity contribution < 1.29 is 5.11 Å². The highest BCUT2D eigenvalue weighted by Gasteiger charge is 2.48. The van der Waals surface area contributed by atoms with Gasteiger partial charge in [0.05, 0.1) is 0 Å². The van der Waals surface area contributed by atoms with Gasteiger partial charge in [0.15, 0.2) is 0 Å². The standard InChI is InChI=1S/C20H31NO/c1-4-5-6-7-11-21-12-10-20(3)15(2)19(21)13-16-8-9-17(22)14-18(16)20/h8-9,14-15,19,22H,4-7,10-13H2,1-3H3/t15-,19+,20+/m0/s1. The molecule has 0 radical (unpaired) electrons. The lowest BCUT2D eigenvalue weighted by Gasteiger charge is -2.54. The Labute approximate surface area is 135 Å². The zero-order chi connectivity index (χ0) is 15.7. The highest BCUT2D eigenvalue weighted by Crippen LogP contribution is 2.49. The third-order valence-corrected chi connectivity index (χ3v) is 6.41. The first kappa shape index (κ1) is 15.9. The van der Waals surface area contributed by atoms with E-state index in [1.165, 1.54) is 56.3 Å². The number of piperidine rings is 1. The first-order chi connectivity index (χ1) is 10.6. The third-order valence-electron chi connectivity index (χ3n) is 6.41. The summed E-state index contributed by atoms with van der Waals surface area (Å²) in [7, 11) is 0. The molecule has 1 saturated heterocycles. The molecule has 0 unspecified atom stereocenters. The highest BCUT2D eigenvalue weighted by molar-refractivity contribution is 5.44. The van der Waals surface area contributed by atoms with E-state index in [1.807, 2.05) is 12.1 Å². The number of phenols is 1.